The van der Waals surface area contributed by atoms with Crippen molar-refractivity contribution in [2.75, 3.05) is 0 Å². The number of hydrogen-bond acceptors (Lipinski definition) is 2. The Morgan fingerprint density at radius 2 is 1.67 bits per heavy atom. The summed E-state index contributed by atoms with van der Waals surface area (Å²) < 4.78 is 8.29. The highest BCUT2D eigenvalue weighted by molar-refractivity contribution is 6.08. The van der Waals surface area contributed by atoms with Gasteiger partial charge in [-0.05, 0) is 36.2 Å². The van der Waals surface area contributed by atoms with Crippen LogP contribution in [0, 0.1) is 6.92 Å². The maximum atomic E-state index is 6.12. The van der Waals surface area contributed by atoms with E-state index in [2.05, 4.69) is 84.3 Å². The lowest BCUT2D eigenvalue weighted by atomic mass is 9.99. The Balaban J connectivity index is 1.75. The van der Waals surface area contributed by atoms with Crippen molar-refractivity contribution < 1.29 is 8.98 Å². The molecule has 0 N–H and O–H groups in total. The monoisotopic (exact) mass is 351 g/mol. The molecule has 5 rings (SSSR count). The second-order valence-corrected chi connectivity index (χ2v) is 6.87. The summed E-state index contributed by atoms with van der Waals surface area (Å²) in [5.74, 6) is 0. The molecule has 0 saturated carbocycles. The first-order valence-corrected chi connectivity index (χ1v) is 9.05. The molecule has 0 aliphatic heterocycles. The number of pyridine rings is 2. The molecule has 130 valence electrons. The van der Waals surface area contributed by atoms with Crippen LogP contribution in [-0.2, 0) is 7.05 Å². The van der Waals surface area contributed by atoms with E-state index in [1.807, 2.05) is 12.1 Å². The smallest absolute Gasteiger partial charge is 0.227 e. The highest BCUT2D eigenvalue weighted by Crippen LogP contribution is 2.34. The zero-order valence-corrected chi connectivity index (χ0v) is 15.3. The Morgan fingerprint density at radius 1 is 0.852 bits per heavy atom. The third-order valence-electron chi connectivity index (χ3n) is 5.12. The molecule has 0 unspecified atom stereocenters. The molecule has 2 aromatic carbocycles. The summed E-state index contributed by atoms with van der Waals surface area (Å²) in [6.45, 7) is 2.16. The van der Waals surface area contributed by atoms with Crippen molar-refractivity contribution in [3.05, 3.63) is 84.7 Å². The van der Waals surface area contributed by atoms with Crippen LogP contribution in [0.2, 0.25) is 0 Å². The van der Waals surface area contributed by atoms with Crippen LogP contribution in [0.1, 0.15) is 5.56 Å². The first-order valence-electron chi connectivity index (χ1n) is 9.05. The number of benzene rings is 2. The van der Waals surface area contributed by atoms with Crippen LogP contribution in [0.4, 0.5) is 0 Å². The summed E-state index contributed by atoms with van der Waals surface area (Å²) in [7, 11) is 2.08. The summed E-state index contributed by atoms with van der Waals surface area (Å²) in [6, 6.07) is 23.0. The Bertz CT molecular complexity index is 1290. The maximum absolute atomic E-state index is 6.12. The largest absolute Gasteiger partial charge is 0.437 e. The van der Waals surface area contributed by atoms with Crippen LogP contribution in [0.15, 0.2) is 83.5 Å². The Morgan fingerprint density at radius 3 is 2.52 bits per heavy atom. The standard InChI is InChI=1S/C24H19N2O/c1-16-14-22(26(2)15-21(16)17-8-4-3-5-9-17)20-11-6-10-18-19-12-7-13-25-24(19)27-23(18)20/h3-15H,1-2H3/q+1. The molecule has 3 nitrogen and oxygen atoms in total. The average Bonchev–Trinajstić information content (AvgIpc) is 3.09. The quantitative estimate of drug-likeness (QED) is 0.396. The fourth-order valence-electron chi connectivity index (χ4n) is 3.77. The molecule has 0 aliphatic rings. The molecular weight excluding hydrogens is 332 g/mol. The van der Waals surface area contributed by atoms with Crippen molar-refractivity contribution in [1.82, 2.24) is 4.98 Å². The molecule has 0 bridgehead atoms. The van der Waals surface area contributed by atoms with Gasteiger partial charge in [0.15, 0.2) is 11.8 Å². The Kier molecular flexibility index (Phi) is 3.54. The molecule has 27 heavy (non-hydrogen) atoms. The minimum atomic E-state index is 0.681. The van der Waals surface area contributed by atoms with Gasteiger partial charge in [0.2, 0.25) is 11.4 Å². The van der Waals surface area contributed by atoms with E-state index in [9.17, 15) is 0 Å². The lowest BCUT2D eigenvalue weighted by Crippen LogP contribution is -2.31. The molecule has 0 spiro atoms. The van der Waals surface area contributed by atoms with Crippen LogP contribution in [0.3, 0.4) is 0 Å². The van der Waals surface area contributed by atoms with Crippen molar-refractivity contribution in [3.63, 3.8) is 0 Å². The molecular formula is C24H19N2O+. The van der Waals surface area contributed by atoms with Crippen molar-refractivity contribution >= 4 is 22.1 Å². The molecule has 3 aromatic heterocycles. The highest BCUT2D eigenvalue weighted by Gasteiger charge is 2.20. The second-order valence-electron chi connectivity index (χ2n) is 6.87. The summed E-state index contributed by atoms with van der Waals surface area (Å²) in [4.78, 5) is 4.37. The highest BCUT2D eigenvalue weighted by atomic mass is 16.3. The van der Waals surface area contributed by atoms with Gasteiger partial charge in [-0.3, -0.25) is 0 Å². The van der Waals surface area contributed by atoms with Crippen LogP contribution < -0.4 is 4.57 Å². The Labute approximate surface area is 157 Å². The SMILES string of the molecule is Cc1cc(-c2cccc3c2oc2ncccc23)[n+](C)cc1-c1ccccc1. The topological polar surface area (TPSA) is 29.9 Å². The first-order chi connectivity index (χ1) is 13.2. The van der Waals surface area contributed by atoms with Crippen molar-refractivity contribution in [3.8, 4) is 22.4 Å². The number of rotatable bonds is 2. The Hall–Kier alpha value is -3.46. The van der Waals surface area contributed by atoms with Crippen molar-refractivity contribution in [2.45, 2.75) is 6.92 Å². The zero-order chi connectivity index (χ0) is 18.4. The normalized spacial score (nSPS) is 11.3. The maximum Gasteiger partial charge on any atom is 0.227 e. The van der Waals surface area contributed by atoms with Gasteiger partial charge in [-0.2, -0.15) is 0 Å². The van der Waals surface area contributed by atoms with Gasteiger partial charge in [-0.15, -0.1) is 0 Å². The lowest BCUT2D eigenvalue weighted by Gasteiger charge is -2.08. The van der Waals surface area contributed by atoms with E-state index >= 15 is 0 Å². The van der Waals surface area contributed by atoms with Gasteiger partial charge >= 0.3 is 0 Å². The van der Waals surface area contributed by atoms with Gasteiger partial charge in [0, 0.05) is 28.6 Å². The van der Waals surface area contributed by atoms with E-state index < -0.39 is 0 Å². The summed E-state index contributed by atoms with van der Waals surface area (Å²) in [6.07, 6.45) is 3.96. The number of hydrogen-bond donors (Lipinski definition) is 0. The molecule has 0 saturated heterocycles. The average molecular weight is 351 g/mol. The van der Waals surface area contributed by atoms with Gasteiger partial charge in [0.25, 0.3) is 0 Å². The second kappa shape index (κ2) is 6.06. The van der Waals surface area contributed by atoms with E-state index in [4.69, 9.17) is 4.42 Å². The molecule has 0 aliphatic carbocycles. The fourth-order valence-corrected chi connectivity index (χ4v) is 3.77. The number of nitrogens with zero attached hydrogens (tertiary/aromatic N) is 2. The molecule has 0 atom stereocenters. The molecule has 0 radical (unpaired) electrons. The van der Waals surface area contributed by atoms with Crippen LogP contribution in [0.5, 0.6) is 0 Å². The first kappa shape index (κ1) is 15.8. The van der Waals surface area contributed by atoms with Gasteiger partial charge in [-0.1, -0.05) is 42.5 Å². The van der Waals surface area contributed by atoms with Crippen LogP contribution >= 0.6 is 0 Å². The van der Waals surface area contributed by atoms with Crippen LogP contribution in [-0.4, -0.2) is 4.98 Å². The third kappa shape index (κ3) is 2.51. The number of aryl methyl sites for hydroxylation is 2. The van der Waals surface area contributed by atoms with E-state index in [0.29, 0.717) is 5.71 Å². The van der Waals surface area contributed by atoms with E-state index in [-0.39, 0.29) is 0 Å². The molecule has 0 amide bonds. The number of furan rings is 1. The van der Waals surface area contributed by atoms with Gasteiger partial charge in [0.1, 0.15) is 7.05 Å². The molecule has 5 aromatic rings. The predicted octanol–water partition coefficient (Wildman–Crippen LogP) is 5.45. The van der Waals surface area contributed by atoms with Gasteiger partial charge in [-0.25, -0.2) is 9.55 Å². The lowest BCUT2D eigenvalue weighted by molar-refractivity contribution is -0.659. The molecule has 3 heterocycles. The third-order valence-corrected chi connectivity index (χ3v) is 5.12. The predicted molar refractivity (Wildman–Crippen MR) is 108 cm³/mol. The van der Waals surface area contributed by atoms with Crippen molar-refractivity contribution in [1.29, 1.82) is 0 Å². The summed E-state index contributed by atoms with van der Waals surface area (Å²) in [5.41, 5.74) is 7.46. The zero-order valence-electron chi connectivity index (χ0n) is 15.3. The van der Waals surface area contributed by atoms with E-state index in [0.717, 1.165) is 27.6 Å². The molecule has 3 heteroatoms. The van der Waals surface area contributed by atoms with E-state index in [1.165, 1.54) is 16.7 Å². The minimum Gasteiger partial charge on any atom is -0.437 e. The minimum absolute atomic E-state index is 0.681. The number of para-hydroxylation sites is 1. The van der Waals surface area contributed by atoms with Gasteiger partial charge < -0.3 is 4.42 Å². The van der Waals surface area contributed by atoms with Crippen molar-refractivity contribution in [2.24, 2.45) is 7.05 Å². The number of aromatic nitrogens is 2. The summed E-state index contributed by atoms with van der Waals surface area (Å²) in [5, 5.41) is 2.15. The van der Waals surface area contributed by atoms with E-state index in [1.54, 1.807) is 6.20 Å². The van der Waals surface area contributed by atoms with Gasteiger partial charge in [0.05, 0.1) is 5.56 Å². The van der Waals surface area contributed by atoms with Crippen LogP contribution in [0.25, 0.3) is 44.5 Å². The fraction of sp³-hybridized carbons (Fsp3) is 0.0833. The number of fused-ring (bicyclic) bond motifs is 3. The summed E-state index contributed by atoms with van der Waals surface area (Å²) >= 11 is 0. The molecule has 0 fully saturated rings.